The van der Waals surface area contributed by atoms with Crippen molar-refractivity contribution in [3.8, 4) is 0 Å². The number of thiazole rings is 1. The van der Waals surface area contributed by atoms with E-state index in [-0.39, 0.29) is 6.10 Å². The van der Waals surface area contributed by atoms with E-state index in [1.54, 1.807) is 11.3 Å². The Hall–Kier alpha value is -0.610. The summed E-state index contributed by atoms with van der Waals surface area (Å²) in [6.07, 6.45) is 8.02. The van der Waals surface area contributed by atoms with Gasteiger partial charge in [-0.2, -0.15) is 0 Å². The predicted octanol–water partition coefficient (Wildman–Crippen LogP) is 3.53. The Balaban J connectivity index is 1.78. The molecule has 4 heteroatoms. The smallest absolute Gasteiger partial charge is 0.185 e. The molecular weight excluding hydrogens is 256 g/mol. The fourth-order valence-corrected chi connectivity index (χ4v) is 4.61. The number of aliphatic hydroxyl groups excluding tert-OH is 1. The van der Waals surface area contributed by atoms with Gasteiger partial charge in [0.1, 0.15) is 0 Å². The van der Waals surface area contributed by atoms with E-state index < -0.39 is 0 Å². The summed E-state index contributed by atoms with van der Waals surface area (Å²) in [6.45, 7) is 2.36. The third-order valence-corrected chi connectivity index (χ3v) is 5.96. The second-order valence-electron chi connectivity index (χ2n) is 6.25. The summed E-state index contributed by atoms with van der Waals surface area (Å²) >= 11 is 1.71. The van der Waals surface area contributed by atoms with Gasteiger partial charge in [-0.3, -0.25) is 0 Å². The highest BCUT2D eigenvalue weighted by molar-refractivity contribution is 7.15. The van der Waals surface area contributed by atoms with Crippen LogP contribution in [0.25, 0.3) is 0 Å². The normalized spacial score (nSPS) is 31.0. The minimum absolute atomic E-state index is 0.270. The van der Waals surface area contributed by atoms with Crippen molar-refractivity contribution in [1.29, 1.82) is 0 Å². The summed E-state index contributed by atoms with van der Waals surface area (Å²) < 4.78 is 0. The zero-order chi connectivity index (χ0) is 13.4. The lowest BCUT2D eigenvalue weighted by atomic mass is 9.86. The highest BCUT2D eigenvalue weighted by atomic mass is 32.1. The van der Waals surface area contributed by atoms with Crippen molar-refractivity contribution in [2.45, 2.75) is 64.0 Å². The molecule has 3 nitrogen and oxygen atoms in total. The number of aromatic nitrogens is 1. The van der Waals surface area contributed by atoms with Gasteiger partial charge in [0.05, 0.1) is 16.7 Å². The first-order chi connectivity index (χ1) is 9.15. The van der Waals surface area contributed by atoms with Gasteiger partial charge in [-0.05, 0) is 38.0 Å². The minimum Gasteiger partial charge on any atom is -0.388 e. The summed E-state index contributed by atoms with van der Waals surface area (Å²) in [4.78, 5) is 8.27. The van der Waals surface area contributed by atoms with Crippen LogP contribution in [0.15, 0.2) is 0 Å². The van der Waals surface area contributed by atoms with E-state index in [0.29, 0.717) is 6.04 Å². The average Bonchev–Trinajstić information content (AvgIpc) is 2.83. The number of hydrogen-bond donors (Lipinski definition) is 1. The van der Waals surface area contributed by atoms with Crippen molar-refractivity contribution in [3.05, 3.63) is 10.6 Å². The molecule has 1 N–H and O–H groups in total. The van der Waals surface area contributed by atoms with Gasteiger partial charge in [-0.1, -0.05) is 31.1 Å². The van der Waals surface area contributed by atoms with Crippen LogP contribution in [-0.2, 0) is 6.42 Å². The van der Waals surface area contributed by atoms with Crippen molar-refractivity contribution in [2.24, 2.45) is 5.92 Å². The van der Waals surface area contributed by atoms with Gasteiger partial charge in [-0.25, -0.2) is 4.98 Å². The predicted molar refractivity (Wildman–Crippen MR) is 79.8 cm³/mol. The standard InChI is InChI=1S/C15H24N2OS/c1-10-5-3-6-11(9-10)17(2)15-16-12-7-4-8-13(18)14(12)19-15/h10-11,13,18H,3-9H2,1-2H3. The molecule has 3 atom stereocenters. The molecule has 106 valence electrons. The zero-order valence-corrected chi connectivity index (χ0v) is 12.7. The SMILES string of the molecule is CC1CCCC(N(C)c2nc3c(s2)C(O)CCC3)C1. The Labute approximate surface area is 119 Å². The lowest BCUT2D eigenvalue weighted by Crippen LogP contribution is -2.35. The Kier molecular flexibility index (Phi) is 3.81. The van der Waals surface area contributed by atoms with Crippen LogP contribution in [0.2, 0.25) is 0 Å². The van der Waals surface area contributed by atoms with E-state index in [0.717, 1.165) is 40.9 Å². The Morgan fingerprint density at radius 2 is 2.11 bits per heavy atom. The van der Waals surface area contributed by atoms with Crippen LogP contribution in [0.3, 0.4) is 0 Å². The average molecular weight is 280 g/mol. The lowest BCUT2D eigenvalue weighted by molar-refractivity contribution is 0.160. The molecule has 0 amide bonds. The maximum Gasteiger partial charge on any atom is 0.185 e. The molecule has 19 heavy (non-hydrogen) atoms. The van der Waals surface area contributed by atoms with Crippen LogP contribution in [0.1, 0.15) is 62.1 Å². The second kappa shape index (κ2) is 5.41. The number of hydrogen-bond acceptors (Lipinski definition) is 4. The first kappa shape index (κ1) is 13.4. The number of rotatable bonds is 2. The fraction of sp³-hybridized carbons (Fsp3) is 0.800. The number of fused-ring (bicyclic) bond motifs is 1. The molecule has 1 aromatic rings. The molecule has 0 saturated heterocycles. The monoisotopic (exact) mass is 280 g/mol. The summed E-state index contributed by atoms with van der Waals surface area (Å²) in [5.74, 6) is 0.835. The molecule has 1 heterocycles. The minimum atomic E-state index is -0.270. The van der Waals surface area contributed by atoms with Crippen molar-refractivity contribution in [2.75, 3.05) is 11.9 Å². The lowest BCUT2D eigenvalue weighted by Gasteiger charge is -2.33. The van der Waals surface area contributed by atoms with E-state index in [1.807, 2.05) is 0 Å². The van der Waals surface area contributed by atoms with Crippen LogP contribution < -0.4 is 4.90 Å². The van der Waals surface area contributed by atoms with E-state index in [9.17, 15) is 5.11 Å². The van der Waals surface area contributed by atoms with E-state index >= 15 is 0 Å². The molecule has 0 aliphatic heterocycles. The fourth-order valence-electron chi connectivity index (χ4n) is 3.44. The van der Waals surface area contributed by atoms with Gasteiger partial charge in [0.2, 0.25) is 0 Å². The highest BCUT2D eigenvalue weighted by Crippen LogP contribution is 2.39. The molecule has 3 rings (SSSR count). The third kappa shape index (κ3) is 2.65. The van der Waals surface area contributed by atoms with E-state index in [2.05, 4.69) is 18.9 Å². The number of nitrogens with zero attached hydrogens (tertiary/aromatic N) is 2. The Morgan fingerprint density at radius 1 is 1.26 bits per heavy atom. The van der Waals surface area contributed by atoms with Crippen molar-refractivity contribution < 1.29 is 5.11 Å². The quantitative estimate of drug-likeness (QED) is 0.900. The van der Waals surface area contributed by atoms with Crippen LogP contribution in [-0.4, -0.2) is 23.2 Å². The molecule has 0 aromatic carbocycles. The molecule has 1 saturated carbocycles. The molecule has 0 radical (unpaired) electrons. The van der Waals surface area contributed by atoms with Gasteiger partial charge >= 0.3 is 0 Å². The highest BCUT2D eigenvalue weighted by Gasteiger charge is 2.28. The second-order valence-corrected chi connectivity index (χ2v) is 7.26. The summed E-state index contributed by atoms with van der Waals surface area (Å²) in [7, 11) is 2.18. The van der Waals surface area contributed by atoms with Crippen molar-refractivity contribution in [1.82, 2.24) is 4.98 Å². The zero-order valence-electron chi connectivity index (χ0n) is 11.9. The summed E-state index contributed by atoms with van der Waals surface area (Å²) in [6, 6.07) is 0.633. The van der Waals surface area contributed by atoms with Gasteiger partial charge in [-0.15, -0.1) is 0 Å². The molecule has 0 bridgehead atoms. The molecule has 0 spiro atoms. The number of anilines is 1. The molecule has 2 aliphatic rings. The number of aryl methyl sites for hydroxylation is 1. The topological polar surface area (TPSA) is 36.4 Å². The Morgan fingerprint density at radius 3 is 2.84 bits per heavy atom. The summed E-state index contributed by atoms with van der Waals surface area (Å²) in [5.41, 5.74) is 1.15. The van der Waals surface area contributed by atoms with Crippen molar-refractivity contribution >= 4 is 16.5 Å². The molecular formula is C15H24N2OS. The van der Waals surface area contributed by atoms with Gasteiger partial charge < -0.3 is 10.0 Å². The van der Waals surface area contributed by atoms with E-state index in [1.165, 1.54) is 25.7 Å². The first-order valence-electron chi connectivity index (χ1n) is 7.55. The first-order valence-corrected chi connectivity index (χ1v) is 8.37. The Bertz CT molecular complexity index is 445. The maximum absolute atomic E-state index is 10.1. The van der Waals surface area contributed by atoms with Crippen LogP contribution in [0.5, 0.6) is 0 Å². The van der Waals surface area contributed by atoms with Crippen LogP contribution >= 0.6 is 11.3 Å². The third-order valence-electron chi connectivity index (χ3n) is 4.67. The van der Waals surface area contributed by atoms with Crippen molar-refractivity contribution in [3.63, 3.8) is 0 Å². The maximum atomic E-state index is 10.1. The van der Waals surface area contributed by atoms with Crippen LogP contribution in [0.4, 0.5) is 5.13 Å². The van der Waals surface area contributed by atoms with Crippen LogP contribution in [0, 0.1) is 5.92 Å². The van der Waals surface area contributed by atoms with Gasteiger partial charge in [0.15, 0.2) is 5.13 Å². The molecule has 1 fully saturated rings. The van der Waals surface area contributed by atoms with Gasteiger partial charge in [0, 0.05) is 13.1 Å². The number of aliphatic hydroxyl groups is 1. The van der Waals surface area contributed by atoms with Gasteiger partial charge in [0.25, 0.3) is 0 Å². The molecule has 2 aliphatic carbocycles. The molecule has 1 aromatic heterocycles. The molecule has 3 unspecified atom stereocenters. The largest absolute Gasteiger partial charge is 0.388 e. The summed E-state index contributed by atoms with van der Waals surface area (Å²) in [5, 5.41) is 11.2. The van der Waals surface area contributed by atoms with E-state index in [4.69, 9.17) is 4.98 Å².